The molecule has 2 rings (SSSR count). The van der Waals surface area contributed by atoms with E-state index < -0.39 is 11.7 Å². The molecular formula is C16H14BrCl2NO5. The van der Waals surface area contributed by atoms with Gasteiger partial charge in [-0.05, 0) is 18.6 Å². The molecule has 1 heterocycles. The van der Waals surface area contributed by atoms with Crippen LogP contribution in [0.4, 0.5) is 5.88 Å². The Kier molecular flexibility index (Phi) is 6.75. The lowest BCUT2D eigenvalue weighted by Gasteiger charge is -2.04. The van der Waals surface area contributed by atoms with Crippen molar-refractivity contribution in [3.05, 3.63) is 28.2 Å². The van der Waals surface area contributed by atoms with Gasteiger partial charge >= 0.3 is 5.97 Å². The van der Waals surface area contributed by atoms with Gasteiger partial charge in [-0.25, -0.2) is 0 Å². The van der Waals surface area contributed by atoms with Crippen molar-refractivity contribution < 1.29 is 23.8 Å². The predicted octanol–water partition coefficient (Wildman–Crippen LogP) is 5.00. The minimum absolute atomic E-state index is 0.0699. The summed E-state index contributed by atoms with van der Waals surface area (Å²) in [5.74, 6) is -2.04. The molecule has 0 saturated heterocycles. The SMILES string of the molecule is CC(=O)Oc1c(NC(=O)CCCBr)oc(-c2cccc(Cl)c2Cl)c1O. The highest BCUT2D eigenvalue weighted by atomic mass is 79.9. The van der Waals surface area contributed by atoms with Crippen molar-refractivity contribution >= 4 is 56.9 Å². The Bertz CT molecular complexity index is 806. The van der Waals surface area contributed by atoms with E-state index in [0.717, 1.165) is 6.92 Å². The smallest absolute Gasteiger partial charge is 0.308 e. The van der Waals surface area contributed by atoms with Crippen LogP contribution in [0.3, 0.4) is 0 Å². The molecule has 0 aliphatic carbocycles. The molecule has 134 valence electrons. The summed E-state index contributed by atoms with van der Waals surface area (Å²) in [5, 5.41) is 13.9. The average Bonchev–Trinajstić information content (AvgIpc) is 2.84. The van der Waals surface area contributed by atoms with Crippen molar-refractivity contribution in [1.29, 1.82) is 0 Å². The van der Waals surface area contributed by atoms with Gasteiger partial charge in [0.1, 0.15) is 0 Å². The summed E-state index contributed by atoms with van der Waals surface area (Å²) in [4.78, 5) is 23.2. The van der Waals surface area contributed by atoms with Gasteiger partial charge in [0.05, 0.1) is 10.0 Å². The average molecular weight is 451 g/mol. The van der Waals surface area contributed by atoms with Crippen molar-refractivity contribution in [2.24, 2.45) is 0 Å². The molecule has 0 unspecified atom stereocenters. The summed E-state index contributed by atoms with van der Waals surface area (Å²) < 4.78 is 10.5. The molecule has 2 aromatic rings. The van der Waals surface area contributed by atoms with Crippen LogP contribution < -0.4 is 10.1 Å². The van der Waals surface area contributed by atoms with E-state index in [1.54, 1.807) is 18.2 Å². The Morgan fingerprint density at radius 2 is 2.08 bits per heavy atom. The molecule has 0 aliphatic heterocycles. The van der Waals surface area contributed by atoms with Crippen LogP contribution >= 0.6 is 39.1 Å². The Hall–Kier alpha value is -1.70. The van der Waals surface area contributed by atoms with Crippen LogP contribution in [0.5, 0.6) is 11.5 Å². The van der Waals surface area contributed by atoms with E-state index in [4.69, 9.17) is 32.4 Å². The number of furan rings is 1. The first kappa shape index (κ1) is 19.6. The standard InChI is InChI=1S/C16H14BrCl2NO5/c1-8(21)24-15-13(23)14(9-4-2-5-10(18)12(9)19)25-16(15)20-11(22)6-3-7-17/h2,4-5,23H,3,6-7H2,1H3,(H,20,22). The molecule has 25 heavy (non-hydrogen) atoms. The van der Waals surface area contributed by atoms with Gasteiger partial charge in [0.2, 0.25) is 23.3 Å². The van der Waals surface area contributed by atoms with Crippen LogP contribution in [0, 0.1) is 0 Å². The Morgan fingerprint density at radius 3 is 2.72 bits per heavy atom. The van der Waals surface area contributed by atoms with Crippen molar-refractivity contribution in [1.82, 2.24) is 0 Å². The monoisotopic (exact) mass is 449 g/mol. The fraction of sp³-hybridized carbons (Fsp3) is 0.250. The van der Waals surface area contributed by atoms with Gasteiger partial charge < -0.3 is 14.3 Å². The van der Waals surface area contributed by atoms with E-state index in [2.05, 4.69) is 21.2 Å². The molecule has 1 aromatic heterocycles. The number of nitrogens with one attached hydrogen (secondary N) is 1. The van der Waals surface area contributed by atoms with Crippen LogP contribution in [0.1, 0.15) is 19.8 Å². The number of amides is 1. The lowest BCUT2D eigenvalue weighted by Crippen LogP contribution is -2.12. The zero-order valence-electron chi connectivity index (χ0n) is 13.1. The van der Waals surface area contributed by atoms with Crippen molar-refractivity contribution in [2.75, 3.05) is 10.6 Å². The Morgan fingerprint density at radius 1 is 1.36 bits per heavy atom. The largest absolute Gasteiger partial charge is 0.502 e. The fourth-order valence-electron chi connectivity index (χ4n) is 2.01. The number of aromatic hydroxyl groups is 1. The van der Waals surface area contributed by atoms with E-state index >= 15 is 0 Å². The number of rotatable bonds is 6. The number of carbonyl (C=O) groups excluding carboxylic acids is 2. The quantitative estimate of drug-likeness (QED) is 0.477. The maximum absolute atomic E-state index is 11.9. The second kappa shape index (κ2) is 8.60. The second-order valence-electron chi connectivity index (χ2n) is 4.97. The van der Waals surface area contributed by atoms with Crippen LogP contribution in [0.15, 0.2) is 22.6 Å². The molecule has 1 amide bonds. The number of esters is 1. The first-order valence-corrected chi connectivity index (χ1v) is 9.07. The van der Waals surface area contributed by atoms with Gasteiger partial charge in [0, 0.05) is 24.2 Å². The maximum Gasteiger partial charge on any atom is 0.308 e. The summed E-state index contributed by atoms with van der Waals surface area (Å²) in [5.41, 5.74) is 0.293. The van der Waals surface area contributed by atoms with Gasteiger partial charge in [-0.3, -0.25) is 14.9 Å². The van der Waals surface area contributed by atoms with E-state index in [9.17, 15) is 14.7 Å². The lowest BCUT2D eigenvalue weighted by atomic mass is 10.1. The van der Waals surface area contributed by atoms with Gasteiger partial charge in [-0.2, -0.15) is 0 Å². The second-order valence-corrected chi connectivity index (χ2v) is 6.55. The normalized spacial score (nSPS) is 10.6. The minimum Gasteiger partial charge on any atom is -0.502 e. The highest BCUT2D eigenvalue weighted by molar-refractivity contribution is 9.09. The number of anilines is 1. The fourth-order valence-corrected chi connectivity index (χ4v) is 2.67. The summed E-state index contributed by atoms with van der Waals surface area (Å²) in [6.07, 6.45) is 0.827. The Labute approximate surface area is 162 Å². The summed E-state index contributed by atoms with van der Waals surface area (Å²) in [6, 6.07) is 4.76. The molecule has 0 spiro atoms. The summed E-state index contributed by atoms with van der Waals surface area (Å²) in [7, 11) is 0. The molecule has 0 atom stereocenters. The predicted molar refractivity (Wildman–Crippen MR) is 98.8 cm³/mol. The zero-order chi connectivity index (χ0) is 18.6. The molecule has 0 saturated carbocycles. The number of alkyl halides is 1. The third-order valence-electron chi connectivity index (χ3n) is 3.07. The molecule has 2 N–H and O–H groups in total. The van der Waals surface area contributed by atoms with E-state index in [1.807, 2.05) is 0 Å². The number of benzene rings is 1. The number of hydrogen-bond donors (Lipinski definition) is 2. The van der Waals surface area contributed by atoms with Crippen LogP contribution in [-0.2, 0) is 9.59 Å². The first-order chi connectivity index (χ1) is 11.8. The molecule has 9 heteroatoms. The lowest BCUT2D eigenvalue weighted by molar-refractivity contribution is -0.132. The third-order valence-corrected chi connectivity index (χ3v) is 4.45. The topological polar surface area (TPSA) is 88.8 Å². The number of ether oxygens (including phenoxy) is 1. The zero-order valence-corrected chi connectivity index (χ0v) is 16.2. The molecule has 0 radical (unpaired) electrons. The molecule has 6 nitrogen and oxygen atoms in total. The summed E-state index contributed by atoms with van der Waals surface area (Å²) in [6.45, 7) is 1.16. The highest BCUT2D eigenvalue weighted by Gasteiger charge is 2.27. The third kappa shape index (κ3) is 4.68. The van der Waals surface area contributed by atoms with Gasteiger partial charge in [-0.15, -0.1) is 0 Å². The van der Waals surface area contributed by atoms with Crippen LogP contribution in [-0.4, -0.2) is 22.3 Å². The van der Waals surface area contributed by atoms with E-state index in [1.165, 1.54) is 0 Å². The highest BCUT2D eigenvalue weighted by Crippen LogP contribution is 2.48. The first-order valence-electron chi connectivity index (χ1n) is 7.19. The molecule has 0 aliphatic rings. The molecule has 1 aromatic carbocycles. The molecule has 0 bridgehead atoms. The minimum atomic E-state index is -0.684. The van der Waals surface area contributed by atoms with Gasteiger partial charge in [0.15, 0.2) is 5.76 Å². The van der Waals surface area contributed by atoms with Gasteiger partial charge in [-0.1, -0.05) is 45.2 Å². The van der Waals surface area contributed by atoms with Gasteiger partial charge in [0.25, 0.3) is 0 Å². The number of halogens is 3. The Balaban J connectivity index is 2.47. The maximum atomic E-state index is 11.9. The van der Waals surface area contributed by atoms with Crippen LogP contribution in [0.25, 0.3) is 11.3 Å². The van der Waals surface area contributed by atoms with Crippen molar-refractivity contribution in [3.8, 4) is 22.8 Å². The van der Waals surface area contributed by atoms with E-state index in [0.29, 0.717) is 17.3 Å². The van der Waals surface area contributed by atoms with Crippen LogP contribution in [0.2, 0.25) is 10.0 Å². The van der Waals surface area contributed by atoms with Crippen molar-refractivity contribution in [2.45, 2.75) is 19.8 Å². The number of hydrogen-bond acceptors (Lipinski definition) is 5. The van der Waals surface area contributed by atoms with Crippen molar-refractivity contribution in [3.63, 3.8) is 0 Å². The number of carbonyl (C=O) groups is 2. The molecular weight excluding hydrogens is 437 g/mol. The molecule has 0 fully saturated rings. The van der Waals surface area contributed by atoms with E-state index in [-0.39, 0.29) is 39.8 Å². The summed E-state index contributed by atoms with van der Waals surface area (Å²) >= 11 is 15.3.